The summed E-state index contributed by atoms with van der Waals surface area (Å²) in [6.45, 7) is 2.84. The summed E-state index contributed by atoms with van der Waals surface area (Å²) in [5, 5.41) is 14.1. The van der Waals surface area contributed by atoms with Crippen molar-refractivity contribution in [3.8, 4) is 5.69 Å². The second-order valence-electron chi connectivity index (χ2n) is 6.19. The molecule has 128 valence electrons. The van der Waals surface area contributed by atoms with E-state index in [0.717, 1.165) is 43.6 Å². The molecule has 0 radical (unpaired) electrons. The van der Waals surface area contributed by atoms with Gasteiger partial charge in [-0.1, -0.05) is 23.7 Å². The van der Waals surface area contributed by atoms with Crippen molar-refractivity contribution < 1.29 is 9.90 Å². The number of aromatic nitrogens is 2. The summed E-state index contributed by atoms with van der Waals surface area (Å²) in [7, 11) is 0. The highest BCUT2D eigenvalue weighted by Gasteiger charge is 2.30. The number of nitrogens with zero attached hydrogens (tertiary/aromatic N) is 3. The zero-order valence-electron chi connectivity index (χ0n) is 13.8. The van der Waals surface area contributed by atoms with E-state index in [9.17, 15) is 4.79 Å². The minimum Gasteiger partial charge on any atom is -0.396 e. The number of benzene rings is 1. The van der Waals surface area contributed by atoms with Crippen molar-refractivity contribution in [3.05, 3.63) is 46.7 Å². The molecule has 3 rings (SSSR count). The van der Waals surface area contributed by atoms with E-state index in [1.807, 2.05) is 42.2 Å². The van der Waals surface area contributed by atoms with Crippen molar-refractivity contribution in [2.75, 3.05) is 13.2 Å². The van der Waals surface area contributed by atoms with Gasteiger partial charge < -0.3 is 10.0 Å². The average molecular weight is 348 g/mol. The van der Waals surface area contributed by atoms with Gasteiger partial charge in [0, 0.05) is 24.9 Å². The van der Waals surface area contributed by atoms with Crippen LogP contribution in [0.3, 0.4) is 0 Å². The molecule has 2 heterocycles. The fraction of sp³-hybridized carbons (Fsp3) is 0.444. The Morgan fingerprint density at radius 2 is 2.21 bits per heavy atom. The van der Waals surface area contributed by atoms with E-state index in [0.29, 0.717) is 10.7 Å². The van der Waals surface area contributed by atoms with Gasteiger partial charge in [-0.3, -0.25) is 4.79 Å². The Hall–Kier alpha value is -1.85. The number of rotatable bonds is 5. The SMILES string of the molecule is Cc1cc(C(=O)N2CCCC2CCCO)nn1-c1ccccc1Cl. The van der Waals surface area contributed by atoms with Crippen LogP contribution in [0.15, 0.2) is 30.3 Å². The highest BCUT2D eigenvalue weighted by molar-refractivity contribution is 6.32. The molecule has 0 bridgehead atoms. The molecule has 1 N–H and O–H groups in total. The van der Waals surface area contributed by atoms with E-state index < -0.39 is 0 Å². The number of hydrogen-bond donors (Lipinski definition) is 1. The fourth-order valence-electron chi connectivity index (χ4n) is 3.32. The monoisotopic (exact) mass is 347 g/mol. The Morgan fingerprint density at radius 1 is 1.42 bits per heavy atom. The van der Waals surface area contributed by atoms with Crippen LogP contribution >= 0.6 is 11.6 Å². The highest BCUT2D eigenvalue weighted by Crippen LogP contribution is 2.25. The van der Waals surface area contributed by atoms with Gasteiger partial charge in [-0.25, -0.2) is 4.68 Å². The molecule has 1 unspecified atom stereocenters. The van der Waals surface area contributed by atoms with E-state index in [2.05, 4.69) is 5.10 Å². The van der Waals surface area contributed by atoms with Gasteiger partial charge in [0.05, 0.1) is 10.7 Å². The molecule has 1 aliphatic heterocycles. The summed E-state index contributed by atoms with van der Waals surface area (Å²) in [4.78, 5) is 14.8. The molecule has 0 spiro atoms. The lowest BCUT2D eigenvalue weighted by Gasteiger charge is -2.23. The highest BCUT2D eigenvalue weighted by atomic mass is 35.5. The minimum atomic E-state index is -0.0376. The van der Waals surface area contributed by atoms with Crippen molar-refractivity contribution in [2.45, 2.75) is 38.6 Å². The Balaban J connectivity index is 1.84. The molecule has 1 saturated heterocycles. The molecule has 5 nitrogen and oxygen atoms in total. The maximum absolute atomic E-state index is 12.9. The van der Waals surface area contributed by atoms with Crippen LogP contribution in [0.2, 0.25) is 5.02 Å². The third-order valence-corrected chi connectivity index (χ3v) is 4.84. The van der Waals surface area contributed by atoms with Crippen LogP contribution in [0.25, 0.3) is 5.69 Å². The van der Waals surface area contributed by atoms with Crippen molar-refractivity contribution in [1.82, 2.24) is 14.7 Å². The summed E-state index contributed by atoms with van der Waals surface area (Å²) in [5.74, 6) is -0.0376. The fourth-order valence-corrected chi connectivity index (χ4v) is 3.54. The van der Waals surface area contributed by atoms with Crippen LogP contribution in [0.4, 0.5) is 0 Å². The summed E-state index contributed by atoms with van der Waals surface area (Å²) in [6, 6.07) is 9.48. The van der Waals surface area contributed by atoms with Crippen LogP contribution in [0, 0.1) is 6.92 Å². The molecule has 1 aliphatic rings. The standard InChI is InChI=1S/C18H22ClN3O2/c1-13-12-16(20-22(13)17-9-3-2-8-15(17)19)18(24)21-10-4-6-14(21)7-5-11-23/h2-3,8-9,12,14,23H,4-7,10-11H2,1H3. The second kappa shape index (κ2) is 7.36. The number of aryl methyl sites for hydroxylation is 1. The topological polar surface area (TPSA) is 58.4 Å². The van der Waals surface area contributed by atoms with Crippen LogP contribution in [0.5, 0.6) is 0 Å². The van der Waals surface area contributed by atoms with Crippen LogP contribution < -0.4 is 0 Å². The van der Waals surface area contributed by atoms with E-state index in [1.54, 1.807) is 4.68 Å². The van der Waals surface area contributed by atoms with Crippen molar-refractivity contribution in [1.29, 1.82) is 0 Å². The molecule has 24 heavy (non-hydrogen) atoms. The molecule has 0 aliphatic carbocycles. The number of carbonyl (C=O) groups excluding carboxylic acids is 1. The van der Waals surface area contributed by atoms with Gasteiger partial charge in [-0.2, -0.15) is 5.10 Å². The zero-order valence-corrected chi connectivity index (χ0v) is 14.5. The molecular formula is C18H22ClN3O2. The van der Waals surface area contributed by atoms with Gasteiger partial charge in [-0.05, 0) is 50.8 Å². The maximum Gasteiger partial charge on any atom is 0.274 e. The molecule has 6 heteroatoms. The van der Waals surface area contributed by atoms with E-state index >= 15 is 0 Å². The largest absolute Gasteiger partial charge is 0.396 e. The smallest absolute Gasteiger partial charge is 0.274 e. The summed E-state index contributed by atoms with van der Waals surface area (Å²) >= 11 is 6.25. The first-order valence-corrected chi connectivity index (χ1v) is 8.73. The first-order valence-electron chi connectivity index (χ1n) is 8.35. The molecule has 0 saturated carbocycles. The summed E-state index contributed by atoms with van der Waals surface area (Å²) in [5.41, 5.74) is 2.09. The molecule has 1 aromatic carbocycles. The molecule has 1 atom stereocenters. The van der Waals surface area contributed by atoms with Crippen LogP contribution in [0.1, 0.15) is 41.9 Å². The van der Waals surface area contributed by atoms with Crippen molar-refractivity contribution in [2.24, 2.45) is 0 Å². The van der Waals surface area contributed by atoms with Crippen LogP contribution in [-0.4, -0.2) is 44.9 Å². The number of aliphatic hydroxyl groups excluding tert-OH is 1. The lowest BCUT2D eigenvalue weighted by molar-refractivity contribution is 0.0718. The lowest BCUT2D eigenvalue weighted by Crippen LogP contribution is -2.36. The molecule has 1 fully saturated rings. The third kappa shape index (κ3) is 3.32. The normalized spacial score (nSPS) is 17.5. The molecule has 2 aromatic rings. The number of amides is 1. The minimum absolute atomic E-state index is 0.0376. The van der Waals surface area contributed by atoms with Gasteiger partial charge in [0.1, 0.15) is 0 Å². The lowest BCUT2D eigenvalue weighted by atomic mass is 10.1. The summed E-state index contributed by atoms with van der Waals surface area (Å²) < 4.78 is 1.72. The summed E-state index contributed by atoms with van der Waals surface area (Å²) in [6.07, 6.45) is 3.57. The van der Waals surface area contributed by atoms with Gasteiger partial charge in [0.2, 0.25) is 0 Å². The molecular weight excluding hydrogens is 326 g/mol. The van der Waals surface area contributed by atoms with Gasteiger partial charge in [-0.15, -0.1) is 0 Å². The van der Waals surface area contributed by atoms with Crippen molar-refractivity contribution in [3.63, 3.8) is 0 Å². The Bertz CT molecular complexity index is 729. The quantitative estimate of drug-likeness (QED) is 0.903. The van der Waals surface area contributed by atoms with Gasteiger partial charge in [0.25, 0.3) is 5.91 Å². The predicted octanol–water partition coefficient (Wildman–Crippen LogP) is 3.21. The number of hydrogen-bond acceptors (Lipinski definition) is 3. The number of halogens is 1. The zero-order chi connectivity index (χ0) is 17.1. The Kier molecular flexibility index (Phi) is 5.21. The number of aliphatic hydroxyl groups is 1. The van der Waals surface area contributed by atoms with E-state index in [1.165, 1.54) is 0 Å². The molecule has 1 aromatic heterocycles. The first-order chi connectivity index (χ1) is 11.6. The first kappa shape index (κ1) is 17.0. The van der Waals surface area contributed by atoms with Gasteiger partial charge >= 0.3 is 0 Å². The predicted molar refractivity (Wildman–Crippen MR) is 93.7 cm³/mol. The Morgan fingerprint density at radius 3 is 2.96 bits per heavy atom. The third-order valence-electron chi connectivity index (χ3n) is 4.52. The number of likely N-dealkylation sites (tertiary alicyclic amines) is 1. The maximum atomic E-state index is 12.9. The van der Waals surface area contributed by atoms with Crippen LogP contribution in [-0.2, 0) is 0 Å². The average Bonchev–Trinajstić information content (AvgIpc) is 3.19. The number of carbonyl (C=O) groups is 1. The number of para-hydroxylation sites is 1. The molecule has 1 amide bonds. The van der Waals surface area contributed by atoms with E-state index in [-0.39, 0.29) is 18.6 Å². The van der Waals surface area contributed by atoms with Crippen molar-refractivity contribution >= 4 is 17.5 Å². The Labute approximate surface area is 146 Å². The van der Waals surface area contributed by atoms with E-state index in [4.69, 9.17) is 16.7 Å². The van der Waals surface area contributed by atoms with Gasteiger partial charge in [0.15, 0.2) is 5.69 Å². The second-order valence-corrected chi connectivity index (χ2v) is 6.60.